The first-order chi connectivity index (χ1) is 17.1. The van der Waals surface area contributed by atoms with Crippen LogP contribution in [0.1, 0.15) is 74.1 Å². The number of rotatable bonds is 2. The normalized spacial score (nSPS) is 33.4. The topological polar surface area (TPSA) is 66.4 Å². The van der Waals surface area contributed by atoms with Gasteiger partial charge in [0.25, 0.3) is 5.79 Å². The molecule has 2 fully saturated rings. The molecule has 0 radical (unpaired) electrons. The van der Waals surface area contributed by atoms with E-state index in [9.17, 15) is 5.11 Å². The van der Waals surface area contributed by atoms with E-state index < -0.39 is 17.0 Å². The molecule has 0 saturated carbocycles. The second-order valence-electron chi connectivity index (χ2n) is 12.1. The Labute approximate surface area is 210 Å². The number of fused-ring (bicyclic) bond motifs is 2. The van der Waals surface area contributed by atoms with Crippen LogP contribution in [0, 0.1) is 10.8 Å². The number of hydrogen-bond acceptors (Lipinski definition) is 6. The summed E-state index contributed by atoms with van der Waals surface area (Å²) in [5.41, 5.74) is 3.02. The van der Waals surface area contributed by atoms with Gasteiger partial charge in [-0.05, 0) is 29.3 Å². The molecule has 6 nitrogen and oxygen atoms in total. The number of phenols is 1. The van der Waals surface area contributed by atoms with Crippen molar-refractivity contribution in [3.63, 3.8) is 0 Å². The van der Waals surface area contributed by atoms with Crippen LogP contribution in [0.15, 0.2) is 66.7 Å². The zero-order valence-corrected chi connectivity index (χ0v) is 21.1. The number of ether oxygens (including phenoxy) is 1. The Bertz CT molecular complexity index is 1360. The molecule has 6 heteroatoms. The Morgan fingerprint density at radius 1 is 0.806 bits per heavy atom. The molecule has 36 heavy (non-hydrogen) atoms. The summed E-state index contributed by atoms with van der Waals surface area (Å²) in [4.78, 5) is 24.2. The van der Waals surface area contributed by atoms with E-state index in [2.05, 4.69) is 58.9 Å². The van der Waals surface area contributed by atoms with E-state index in [1.165, 1.54) is 0 Å². The fourth-order valence-electron chi connectivity index (χ4n) is 7.32. The minimum Gasteiger partial charge on any atom is -0.508 e. The third-order valence-electron chi connectivity index (χ3n) is 8.61. The third-order valence-corrected chi connectivity index (χ3v) is 8.61. The van der Waals surface area contributed by atoms with Gasteiger partial charge in [-0.3, -0.25) is 0 Å². The van der Waals surface area contributed by atoms with Crippen molar-refractivity contribution in [2.45, 2.75) is 57.7 Å². The largest absolute Gasteiger partial charge is 0.508 e. The fourth-order valence-corrected chi connectivity index (χ4v) is 7.32. The lowest BCUT2D eigenvalue weighted by atomic mass is 9.57. The average molecular weight is 487 g/mol. The van der Waals surface area contributed by atoms with Crippen molar-refractivity contribution >= 4 is 0 Å². The summed E-state index contributed by atoms with van der Waals surface area (Å²) in [6, 6.07) is 21.8. The van der Waals surface area contributed by atoms with E-state index in [0.717, 1.165) is 27.8 Å². The van der Waals surface area contributed by atoms with E-state index >= 15 is 0 Å². The monoisotopic (exact) mass is 486 g/mol. The highest BCUT2D eigenvalue weighted by molar-refractivity contribution is 5.61. The number of hydrogen-bond donors (Lipinski definition) is 1. The Balaban J connectivity index is 1.49. The Hall–Kier alpha value is -2.74. The Morgan fingerprint density at radius 2 is 1.42 bits per heavy atom. The lowest BCUT2D eigenvalue weighted by molar-refractivity contribution is -0.626. The second-order valence-corrected chi connectivity index (χ2v) is 12.1. The first-order valence-electron chi connectivity index (χ1n) is 12.5. The predicted molar refractivity (Wildman–Crippen MR) is 131 cm³/mol. The standard InChI is InChI=1S/C30H30O6/c1-26(2,3)30-27(4,5)17-32-29(30,35-36-30)19-14-18(15-20(31)16-19)28-23-12-8-6-10-21(23)25(33-34-28)22-11-7-9-13-24(22)28/h6-16,25,31H,17H2,1-5H3. The zero-order valence-electron chi connectivity index (χ0n) is 21.1. The van der Waals surface area contributed by atoms with Crippen molar-refractivity contribution in [1.29, 1.82) is 0 Å². The molecule has 4 heterocycles. The van der Waals surface area contributed by atoms with Crippen molar-refractivity contribution in [2.24, 2.45) is 10.8 Å². The van der Waals surface area contributed by atoms with E-state index in [0.29, 0.717) is 12.2 Å². The predicted octanol–water partition coefficient (Wildman–Crippen LogP) is 6.00. The molecule has 4 aliphatic heterocycles. The summed E-state index contributed by atoms with van der Waals surface area (Å²) in [6.07, 6.45) is -0.300. The van der Waals surface area contributed by atoms with Crippen LogP contribution in [0.25, 0.3) is 0 Å². The lowest BCUT2D eigenvalue weighted by Crippen LogP contribution is -2.73. The van der Waals surface area contributed by atoms with Crippen LogP contribution >= 0.6 is 0 Å². The Kier molecular flexibility index (Phi) is 4.22. The molecule has 2 atom stereocenters. The molecule has 3 aromatic rings. The van der Waals surface area contributed by atoms with Gasteiger partial charge in [0.1, 0.15) is 11.9 Å². The quantitative estimate of drug-likeness (QED) is 0.448. The zero-order chi connectivity index (χ0) is 25.1. The van der Waals surface area contributed by atoms with Gasteiger partial charge in [-0.15, -0.1) is 0 Å². The highest BCUT2D eigenvalue weighted by Gasteiger charge is 2.81. The minimum absolute atomic E-state index is 0.0872. The molecule has 2 unspecified atom stereocenters. The molecule has 3 aromatic carbocycles. The molecule has 2 bridgehead atoms. The first kappa shape index (κ1) is 22.5. The highest BCUT2D eigenvalue weighted by atomic mass is 17.3. The minimum atomic E-state index is -1.18. The maximum atomic E-state index is 11.1. The van der Waals surface area contributed by atoms with Gasteiger partial charge < -0.3 is 9.84 Å². The van der Waals surface area contributed by atoms with Crippen molar-refractivity contribution in [2.75, 3.05) is 6.61 Å². The molecular weight excluding hydrogens is 456 g/mol. The fraction of sp³-hybridized carbons (Fsp3) is 0.400. The van der Waals surface area contributed by atoms with Gasteiger partial charge in [0.15, 0.2) is 11.2 Å². The van der Waals surface area contributed by atoms with E-state index in [1.54, 1.807) is 12.1 Å². The third kappa shape index (κ3) is 2.35. The van der Waals surface area contributed by atoms with Gasteiger partial charge in [0.05, 0.1) is 6.61 Å². The Morgan fingerprint density at radius 3 is 2.00 bits per heavy atom. The van der Waals surface area contributed by atoms with Gasteiger partial charge in [-0.1, -0.05) is 83.1 Å². The van der Waals surface area contributed by atoms with Crippen LogP contribution < -0.4 is 0 Å². The van der Waals surface area contributed by atoms with E-state index in [-0.39, 0.29) is 22.7 Å². The molecule has 1 N–H and O–H groups in total. The van der Waals surface area contributed by atoms with Crippen molar-refractivity contribution in [3.8, 4) is 5.75 Å². The molecule has 0 spiro atoms. The highest BCUT2D eigenvalue weighted by Crippen LogP contribution is 2.69. The molecule has 5 aliphatic rings. The number of benzene rings is 3. The number of phenolic OH excluding ortho intramolecular Hbond substituents is 1. The lowest BCUT2D eigenvalue weighted by Gasteiger charge is -2.61. The summed E-state index contributed by atoms with van der Waals surface area (Å²) in [5.74, 6) is -1.09. The first-order valence-corrected chi connectivity index (χ1v) is 12.5. The molecular formula is C30H30O6. The van der Waals surface area contributed by atoms with Gasteiger partial charge in [0.2, 0.25) is 0 Å². The molecule has 2 saturated heterocycles. The summed E-state index contributed by atoms with van der Waals surface area (Å²) in [7, 11) is 0. The molecule has 0 aromatic heterocycles. The summed E-state index contributed by atoms with van der Waals surface area (Å²) >= 11 is 0. The van der Waals surface area contributed by atoms with Crippen LogP contribution in [0.3, 0.4) is 0 Å². The van der Waals surface area contributed by atoms with Gasteiger partial charge in [-0.2, -0.15) is 4.89 Å². The van der Waals surface area contributed by atoms with Crippen LogP contribution in [0.4, 0.5) is 0 Å². The van der Waals surface area contributed by atoms with Crippen LogP contribution in [-0.4, -0.2) is 17.3 Å². The average Bonchev–Trinajstić information content (AvgIpc) is 2.99. The van der Waals surface area contributed by atoms with Crippen molar-refractivity contribution < 1.29 is 29.4 Å². The summed E-state index contributed by atoms with van der Waals surface area (Å²) < 4.78 is 6.45. The second kappa shape index (κ2) is 6.77. The molecule has 186 valence electrons. The van der Waals surface area contributed by atoms with Crippen LogP contribution in [0.2, 0.25) is 0 Å². The number of aromatic hydroxyl groups is 1. The van der Waals surface area contributed by atoms with Crippen LogP contribution in [0.5, 0.6) is 5.75 Å². The maximum absolute atomic E-state index is 11.1. The molecule has 8 rings (SSSR count). The van der Waals surface area contributed by atoms with Crippen LogP contribution in [-0.2, 0) is 35.7 Å². The van der Waals surface area contributed by atoms with Crippen molar-refractivity contribution in [3.05, 3.63) is 100 Å². The van der Waals surface area contributed by atoms with E-state index in [1.807, 2.05) is 30.3 Å². The summed E-state index contributed by atoms with van der Waals surface area (Å²) in [5, 5.41) is 11.1. The van der Waals surface area contributed by atoms with Crippen molar-refractivity contribution in [1.82, 2.24) is 0 Å². The maximum Gasteiger partial charge on any atom is 0.261 e. The van der Waals surface area contributed by atoms with E-state index in [4.69, 9.17) is 24.3 Å². The summed E-state index contributed by atoms with van der Waals surface area (Å²) in [6.45, 7) is 11.1. The molecule has 0 amide bonds. The SMILES string of the molecule is CC(C)(C)C12OOC1(c1cc(O)cc(C34OOC(c5ccccc53)c3ccccc34)c1)OCC2(C)C. The van der Waals surface area contributed by atoms with Gasteiger partial charge in [-0.25, -0.2) is 14.7 Å². The van der Waals surface area contributed by atoms with Gasteiger partial charge in [0, 0.05) is 33.1 Å². The van der Waals surface area contributed by atoms with Gasteiger partial charge >= 0.3 is 0 Å². The smallest absolute Gasteiger partial charge is 0.261 e. The molecule has 1 aliphatic carbocycles.